The molecule has 0 aliphatic rings. The van der Waals surface area contributed by atoms with Gasteiger partial charge in [-0.15, -0.1) is 0 Å². The number of rotatable bonds is 8. The third kappa shape index (κ3) is 4.31. The molecule has 2 amide bonds. The van der Waals surface area contributed by atoms with E-state index in [1.54, 1.807) is 12.3 Å². The summed E-state index contributed by atoms with van der Waals surface area (Å²) in [6.07, 6.45) is 7.00. The molecule has 28 heavy (non-hydrogen) atoms. The normalized spacial score (nSPS) is 11.1. The molecule has 3 N–H and O–H groups in total. The summed E-state index contributed by atoms with van der Waals surface area (Å²) in [5, 5.41) is 10.7. The molecule has 3 rings (SSSR count). The SMILES string of the molecule is Cc1c(-c2cccnc2)n(CCCCCCN(O)C(N)=O)c2ccc(F)cc12. The van der Waals surface area contributed by atoms with E-state index in [-0.39, 0.29) is 12.4 Å². The summed E-state index contributed by atoms with van der Waals surface area (Å²) in [6.45, 7) is 3.04. The summed E-state index contributed by atoms with van der Waals surface area (Å²) in [5.41, 5.74) is 9.11. The van der Waals surface area contributed by atoms with Gasteiger partial charge in [0.25, 0.3) is 0 Å². The number of hydroxylamine groups is 2. The predicted molar refractivity (Wildman–Crippen MR) is 106 cm³/mol. The van der Waals surface area contributed by atoms with E-state index >= 15 is 0 Å². The van der Waals surface area contributed by atoms with Crippen molar-refractivity contribution in [2.45, 2.75) is 39.2 Å². The number of hydrogen-bond acceptors (Lipinski definition) is 3. The number of carbonyl (C=O) groups excluding carboxylic acids is 1. The lowest BCUT2D eigenvalue weighted by molar-refractivity contribution is -0.0403. The lowest BCUT2D eigenvalue weighted by atomic mass is 10.1. The minimum Gasteiger partial charge on any atom is -0.350 e. The molecule has 1 aromatic carbocycles. The summed E-state index contributed by atoms with van der Waals surface area (Å²) in [6, 6.07) is 7.99. The smallest absolute Gasteiger partial charge is 0.338 e. The van der Waals surface area contributed by atoms with Crippen LogP contribution in [0, 0.1) is 12.7 Å². The highest BCUT2D eigenvalue weighted by Crippen LogP contribution is 2.33. The van der Waals surface area contributed by atoms with Crippen molar-refractivity contribution in [1.82, 2.24) is 14.6 Å². The molecule has 0 bridgehead atoms. The third-order valence-electron chi connectivity index (χ3n) is 4.97. The number of fused-ring (bicyclic) bond motifs is 1. The summed E-state index contributed by atoms with van der Waals surface area (Å²) in [5.74, 6) is -0.242. The molecule has 0 saturated heterocycles. The van der Waals surface area contributed by atoms with E-state index in [4.69, 9.17) is 5.73 Å². The van der Waals surface area contributed by atoms with Gasteiger partial charge in [-0.3, -0.25) is 10.2 Å². The van der Waals surface area contributed by atoms with E-state index in [0.717, 1.165) is 53.5 Å². The van der Waals surface area contributed by atoms with Crippen LogP contribution >= 0.6 is 0 Å². The number of primary amides is 1. The van der Waals surface area contributed by atoms with Crippen molar-refractivity contribution in [3.05, 3.63) is 54.1 Å². The number of benzene rings is 1. The van der Waals surface area contributed by atoms with Crippen LogP contribution in [0.4, 0.5) is 9.18 Å². The molecule has 0 aliphatic carbocycles. The van der Waals surface area contributed by atoms with Gasteiger partial charge in [-0.05, 0) is 55.7 Å². The van der Waals surface area contributed by atoms with Gasteiger partial charge in [0.05, 0.1) is 12.2 Å². The van der Waals surface area contributed by atoms with Crippen molar-refractivity contribution in [3.8, 4) is 11.3 Å². The first-order valence-corrected chi connectivity index (χ1v) is 9.43. The maximum atomic E-state index is 13.8. The summed E-state index contributed by atoms with van der Waals surface area (Å²) < 4.78 is 16.0. The van der Waals surface area contributed by atoms with Crippen LogP contribution in [0.5, 0.6) is 0 Å². The van der Waals surface area contributed by atoms with Gasteiger partial charge in [-0.25, -0.2) is 14.2 Å². The van der Waals surface area contributed by atoms with Gasteiger partial charge in [-0.2, -0.15) is 0 Å². The number of nitrogens with two attached hydrogens (primary N) is 1. The Hall–Kier alpha value is -2.93. The standard InChI is InChI=1S/C21H25FN4O2/c1-15-18-13-17(22)8-9-19(18)25(20(15)16-7-6-10-24-14-16)11-4-2-3-5-12-26(28)21(23)27/h6-10,13-14,28H,2-5,11-12H2,1H3,(H2,23,27). The van der Waals surface area contributed by atoms with Crippen LogP contribution < -0.4 is 5.73 Å². The van der Waals surface area contributed by atoms with E-state index < -0.39 is 6.03 Å². The molecule has 0 atom stereocenters. The molecule has 0 unspecified atom stereocenters. The molecule has 3 aromatic rings. The summed E-state index contributed by atoms with van der Waals surface area (Å²) >= 11 is 0. The molecule has 7 heteroatoms. The van der Waals surface area contributed by atoms with E-state index in [1.165, 1.54) is 6.07 Å². The highest BCUT2D eigenvalue weighted by Gasteiger charge is 2.16. The lowest BCUT2D eigenvalue weighted by Crippen LogP contribution is -2.33. The van der Waals surface area contributed by atoms with Gasteiger partial charge in [0, 0.05) is 35.4 Å². The van der Waals surface area contributed by atoms with Gasteiger partial charge in [0.15, 0.2) is 0 Å². The fourth-order valence-electron chi connectivity index (χ4n) is 3.60. The lowest BCUT2D eigenvalue weighted by Gasteiger charge is -2.13. The Morgan fingerprint density at radius 1 is 1.25 bits per heavy atom. The quantitative estimate of drug-likeness (QED) is 0.341. The zero-order valence-corrected chi connectivity index (χ0v) is 15.9. The predicted octanol–water partition coefficient (Wildman–Crippen LogP) is 4.48. The number of aryl methyl sites for hydroxylation is 2. The van der Waals surface area contributed by atoms with Gasteiger partial charge in [-0.1, -0.05) is 12.8 Å². The first kappa shape index (κ1) is 19.8. The van der Waals surface area contributed by atoms with Crippen LogP contribution in [-0.4, -0.2) is 32.4 Å². The van der Waals surface area contributed by atoms with E-state index in [2.05, 4.69) is 9.55 Å². The van der Waals surface area contributed by atoms with Gasteiger partial charge in [0.2, 0.25) is 0 Å². The molecule has 0 spiro atoms. The largest absolute Gasteiger partial charge is 0.350 e. The van der Waals surface area contributed by atoms with E-state index in [0.29, 0.717) is 11.5 Å². The average Bonchev–Trinajstić information content (AvgIpc) is 2.96. The molecule has 2 aromatic heterocycles. The Morgan fingerprint density at radius 3 is 2.75 bits per heavy atom. The Labute approximate surface area is 163 Å². The molecule has 0 aliphatic heterocycles. The van der Waals surface area contributed by atoms with E-state index in [1.807, 2.05) is 31.3 Å². The highest BCUT2D eigenvalue weighted by atomic mass is 19.1. The van der Waals surface area contributed by atoms with Crippen molar-refractivity contribution in [2.75, 3.05) is 6.54 Å². The zero-order valence-electron chi connectivity index (χ0n) is 15.9. The van der Waals surface area contributed by atoms with Crippen LogP contribution in [0.3, 0.4) is 0 Å². The second-order valence-electron chi connectivity index (χ2n) is 6.90. The minimum atomic E-state index is -0.831. The molecule has 6 nitrogen and oxygen atoms in total. The highest BCUT2D eigenvalue weighted by molar-refractivity contribution is 5.91. The van der Waals surface area contributed by atoms with Crippen LogP contribution in [-0.2, 0) is 6.54 Å². The zero-order chi connectivity index (χ0) is 20.1. The Balaban J connectivity index is 1.75. The molecular weight excluding hydrogens is 359 g/mol. The van der Waals surface area contributed by atoms with Crippen molar-refractivity contribution in [1.29, 1.82) is 0 Å². The molecule has 0 saturated carbocycles. The minimum absolute atomic E-state index is 0.237. The second kappa shape index (κ2) is 8.84. The van der Waals surface area contributed by atoms with Crippen LogP contribution in [0.25, 0.3) is 22.2 Å². The van der Waals surface area contributed by atoms with Crippen molar-refractivity contribution in [3.63, 3.8) is 0 Å². The van der Waals surface area contributed by atoms with Crippen LogP contribution in [0.2, 0.25) is 0 Å². The van der Waals surface area contributed by atoms with E-state index in [9.17, 15) is 14.4 Å². The van der Waals surface area contributed by atoms with Gasteiger partial charge < -0.3 is 10.3 Å². The Bertz CT molecular complexity index is 956. The number of aromatic nitrogens is 2. The molecule has 0 radical (unpaired) electrons. The van der Waals surface area contributed by atoms with Gasteiger partial charge >= 0.3 is 6.03 Å². The number of amides is 2. The summed E-state index contributed by atoms with van der Waals surface area (Å²) in [7, 11) is 0. The van der Waals surface area contributed by atoms with Crippen LogP contribution in [0.1, 0.15) is 31.2 Å². The summed E-state index contributed by atoms with van der Waals surface area (Å²) in [4.78, 5) is 15.0. The fourth-order valence-corrected chi connectivity index (χ4v) is 3.60. The van der Waals surface area contributed by atoms with Crippen molar-refractivity contribution < 1.29 is 14.4 Å². The average molecular weight is 384 g/mol. The number of pyridine rings is 1. The van der Waals surface area contributed by atoms with Crippen molar-refractivity contribution >= 4 is 16.9 Å². The van der Waals surface area contributed by atoms with Gasteiger partial charge in [0.1, 0.15) is 5.82 Å². The second-order valence-corrected chi connectivity index (χ2v) is 6.90. The molecule has 148 valence electrons. The Morgan fingerprint density at radius 2 is 2.04 bits per heavy atom. The number of carbonyl (C=O) groups is 1. The molecule has 2 heterocycles. The fraction of sp³-hybridized carbons (Fsp3) is 0.333. The monoisotopic (exact) mass is 384 g/mol. The topological polar surface area (TPSA) is 84.4 Å². The molecule has 0 fully saturated rings. The first-order chi connectivity index (χ1) is 13.5. The number of nitrogens with zero attached hydrogens (tertiary/aromatic N) is 3. The third-order valence-corrected chi connectivity index (χ3v) is 4.97. The maximum Gasteiger partial charge on any atom is 0.338 e. The number of hydrogen-bond donors (Lipinski definition) is 2. The maximum absolute atomic E-state index is 13.8. The number of halogens is 1. The number of unbranched alkanes of at least 4 members (excludes halogenated alkanes) is 3. The Kier molecular flexibility index (Phi) is 6.26. The van der Waals surface area contributed by atoms with Crippen molar-refractivity contribution in [2.24, 2.45) is 5.73 Å². The molecular formula is C21H25FN4O2. The first-order valence-electron chi connectivity index (χ1n) is 9.43. The van der Waals surface area contributed by atoms with Crippen LogP contribution in [0.15, 0.2) is 42.7 Å². The number of urea groups is 1.